The van der Waals surface area contributed by atoms with Crippen LogP contribution in [0, 0.1) is 0 Å². The van der Waals surface area contributed by atoms with Gasteiger partial charge in [-0.25, -0.2) is 4.83 Å². The predicted molar refractivity (Wildman–Crippen MR) is 99.0 cm³/mol. The van der Waals surface area contributed by atoms with E-state index < -0.39 is 10.0 Å². The van der Waals surface area contributed by atoms with Crippen LogP contribution in [-0.2, 0) is 16.4 Å². The Morgan fingerprint density at radius 2 is 1.88 bits per heavy atom. The van der Waals surface area contributed by atoms with Crippen molar-refractivity contribution in [2.75, 3.05) is 6.61 Å². The van der Waals surface area contributed by atoms with Gasteiger partial charge in [0.05, 0.1) is 22.2 Å². The first-order valence-corrected chi connectivity index (χ1v) is 9.80. The van der Waals surface area contributed by atoms with Crippen molar-refractivity contribution in [1.82, 2.24) is 4.83 Å². The lowest BCUT2D eigenvalue weighted by molar-refractivity contribution is 0.338. The average Bonchev–Trinajstić information content (AvgIpc) is 2.57. The molecule has 0 aliphatic rings. The molecule has 2 aromatic carbocycles. The number of sulfonamides is 1. The molecular weight excluding hydrogens is 392 g/mol. The zero-order chi connectivity index (χ0) is 17.6. The van der Waals surface area contributed by atoms with Gasteiger partial charge in [0.1, 0.15) is 5.75 Å². The molecule has 0 atom stereocenters. The number of benzene rings is 2. The molecular formula is C17H19BrN2O3S. The van der Waals surface area contributed by atoms with Crippen molar-refractivity contribution in [3.8, 4) is 5.75 Å². The van der Waals surface area contributed by atoms with Gasteiger partial charge in [0.2, 0.25) is 0 Å². The van der Waals surface area contributed by atoms with Gasteiger partial charge in [0.15, 0.2) is 0 Å². The minimum absolute atomic E-state index is 0.185. The summed E-state index contributed by atoms with van der Waals surface area (Å²) >= 11 is 3.40. The molecule has 7 heteroatoms. The third-order valence-corrected chi connectivity index (χ3v) is 5.14. The van der Waals surface area contributed by atoms with Crippen LogP contribution < -0.4 is 9.57 Å². The van der Waals surface area contributed by atoms with E-state index in [1.807, 2.05) is 13.8 Å². The van der Waals surface area contributed by atoms with E-state index >= 15 is 0 Å². The average molecular weight is 411 g/mol. The van der Waals surface area contributed by atoms with E-state index in [2.05, 4.69) is 25.9 Å². The second-order valence-corrected chi connectivity index (χ2v) is 7.49. The first-order chi connectivity index (χ1) is 11.5. The van der Waals surface area contributed by atoms with Crippen molar-refractivity contribution in [2.45, 2.75) is 25.2 Å². The minimum Gasteiger partial charge on any atom is -0.493 e. The van der Waals surface area contributed by atoms with Gasteiger partial charge in [-0.3, -0.25) is 0 Å². The van der Waals surface area contributed by atoms with E-state index in [0.717, 1.165) is 27.8 Å². The topological polar surface area (TPSA) is 67.8 Å². The maximum absolute atomic E-state index is 12.2. The van der Waals surface area contributed by atoms with Gasteiger partial charge < -0.3 is 4.74 Å². The van der Waals surface area contributed by atoms with Gasteiger partial charge in [-0.05, 0) is 70.7 Å². The summed E-state index contributed by atoms with van der Waals surface area (Å²) in [5, 5.41) is 3.82. The monoisotopic (exact) mass is 410 g/mol. The highest BCUT2D eigenvalue weighted by atomic mass is 79.9. The molecule has 0 bridgehead atoms. The summed E-state index contributed by atoms with van der Waals surface area (Å²) in [5.74, 6) is 0.728. The van der Waals surface area contributed by atoms with E-state index in [1.54, 1.807) is 42.5 Å². The molecule has 0 radical (unpaired) electrons. The van der Waals surface area contributed by atoms with Crippen LogP contribution in [-0.4, -0.2) is 21.2 Å². The molecule has 0 saturated heterocycles. The maximum atomic E-state index is 12.2. The highest BCUT2D eigenvalue weighted by Crippen LogP contribution is 2.25. The van der Waals surface area contributed by atoms with Crippen molar-refractivity contribution in [2.24, 2.45) is 5.10 Å². The fourth-order valence-corrected chi connectivity index (χ4v) is 3.30. The lowest BCUT2D eigenvalue weighted by atomic mass is 10.2. The summed E-state index contributed by atoms with van der Waals surface area (Å²) in [6.07, 6.45) is 2.30. The SMILES string of the molecule is CCOc1ccc(C=NNS(=O)(=O)c2ccc(CC)cc2)cc1Br. The predicted octanol–water partition coefficient (Wildman–Crippen LogP) is 3.72. The quantitative estimate of drug-likeness (QED) is 0.558. The number of hydrazone groups is 1. The Bertz CT molecular complexity index is 818. The zero-order valence-corrected chi connectivity index (χ0v) is 15.9. The van der Waals surface area contributed by atoms with Crippen molar-refractivity contribution < 1.29 is 13.2 Å². The van der Waals surface area contributed by atoms with Crippen molar-refractivity contribution in [1.29, 1.82) is 0 Å². The number of nitrogens with one attached hydrogen (secondary N) is 1. The lowest BCUT2D eigenvalue weighted by Gasteiger charge is -2.06. The number of aryl methyl sites for hydroxylation is 1. The molecule has 0 spiro atoms. The molecule has 1 N–H and O–H groups in total. The van der Waals surface area contributed by atoms with Crippen LogP contribution >= 0.6 is 15.9 Å². The summed E-state index contributed by atoms with van der Waals surface area (Å²) in [6.45, 7) is 4.49. The second kappa shape index (κ2) is 8.30. The standard InChI is InChI=1S/C17H19BrN2O3S/c1-3-13-5-8-15(9-6-13)24(21,22)20-19-12-14-7-10-17(23-4-2)16(18)11-14/h5-12,20H,3-4H2,1-2H3. The van der Waals surface area contributed by atoms with Crippen LogP contribution in [0.4, 0.5) is 0 Å². The van der Waals surface area contributed by atoms with Crippen LogP contribution in [0.5, 0.6) is 5.75 Å². The Kier molecular flexibility index (Phi) is 6.39. The van der Waals surface area contributed by atoms with Gasteiger partial charge in [-0.2, -0.15) is 13.5 Å². The van der Waals surface area contributed by atoms with Gasteiger partial charge in [-0.1, -0.05) is 19.1 Å². The molecule has 0 aromatic heterocycles. The summed E-state index contributed by atoms with van der Waals surface area (Å²) in [4.78, 5) is 2.40. The largest absolute Gasteiger partial charge is 0.493 e. The van der Waals surface area contributed by atoms with E-state index in [9.17, 15) is 8.42 Å². The Hall–Kier alpha value is -1.86. The second-order valence-electron chi connectivity index (χ2n) is 4.97. The molecule has 2 aromatic rings. The number of nitrogens with zero attached hydrogens (tertiary/aromatic N) is 1. The number of rotatable bonds is 7. The lowest BCUT2D eigenvalue weighted by Crippen LogP contribution is -2.18. The highest BCUT2D eigenvalue weighted by molar-refractivity contribution is 9.10. The Balaban J connectivity index is 2.08. The summed E-state index contributed by atoms with van der Waals surface area (Å²) in [7, 11) is -3.67. The highest BCUT2D eigenvalue weighted by Gasteiger charge is 2.12. The molecule has 0 heterocycles. The first kappa shape index (κ1) is 18.5. The molecule has 0 saturated carbocycles. The molecule has 24 heavy (non-hydrogen) atoms. The molecule has 128 valence electrons. The fraction of sp³-hybridized carbons (Fsp3) is 0.235. The van der Waals surface area contributed by atoms with Crippen molar-refractivity contribution >= 4 is 32.2 Å². The van der Waals surface area contributed by atoms with Crippen molar-refractivity contribution in [3.63, 3.8) is 0 Å². The Morgan fingerprint density at radius 3 is 2.46 bits per heavy atom. The Labute approximate surface area is 150 Å². The molecule has 0 fully saturated rings. The summed E-state index contributed by atoms with van der Waals surface area (Å²) in [6, 6.07) is 12.1. The van der Waals surface area contributed by atoms with Crippen LogP contribution in [0.1, 0.15) is 25.0 Å². The van der Waals surface area contributed by atoms with Gasteiger partial charge in [-0.15, -0.1) is 0 Å². The van der Waals surface area contributed by atoms with Gasteiger partial charge in [0.25, 0.3) is 10.0 Å². The van der Waals surface area contributed by atoms with E-state index in [1.165, 1.54) is 6.21 Å². The van der Waals surface area contributed by atoms with Crippen LogP contribution in [0.25, 0.3) is 0 Å². The number of hydrogen-bond acceptors (Lipinski definition) is 4. The summed E-state index contributed by atoms with van der Waals surface area (Å²) in [5.41, 5.74) is 1.83. The third-order valence-electron chi connectivity index (χ3n) is 3.28. The number of halogens is 1. The normalized spacial score (nSPS) is 11.6. The first-order valence-electron chi connectivity index (χ1n) is 7.52. The maximum Gasteiger partial charge on any atom is 0.276 e. The van der Waals surface area contributed by atoms with Crippen molar-refractivity contribution in [3.05, 3.63) is 58.1 Å². The summed E-state index contributed by atoms with van der Waals surface area (Å²) < 4.78 is 30.6. The fourth-order valence-electron chi connectivity index (χ4n) is 2.00. The van der Waals surface area contributed by atoms with E-state index in [-0.39, 0.29) is 4.90 Å². The third kappa shape index (κ3) is 4.82. The van der Waals surface area contributed by atoms with E-state index in [0.29, 0.717) is 6.61 Å². The number of hydrogen-bond donors (Lipinski definition) is 1. The van der Waals surface area contributed by atoms with E-state index in [4.69, 9.17) is 4.74 Å². The molecule has 2 rings (SSSR count). The van der Waals surface area contributed by atoms with Gasteiger partial charge in [0, 0.05) is 0 Å². The molecule has 0 aliphatic carbocycles. The Morgan fingerprint density at radius 1 is 1.17 bits per heavy atom. The van der Waals surface area contributed by atoms with Crippen LogP contribution in [0.2, 0.25) is 0 Å². The van der Waals surface area contributed by atoms with Crippen LogP contribution in [0.3, 0.4) is 0 Å². The minimum atomic E-state index is -3.67. The molecule has 0 unspecified atom stereocenters. The van der Waals surface area contributed by atoms with Gasteiger partial charge >= 0.3 is 0 Å². The molecule has 0 amide bonds. The molecule has 5 nitrogen and oxygen atoms in total. The smallest absolute Gasteiger partial charge is 0.276 e. The zero-order valence-electron chi connectivity index (χ0n) is 13.5. The molecule has 0 aliphatic heterocycles. The number of ether oxygens (including phenoxy) is 1. The van der Waals surface area contributed by atoms with Crippen LogP contribution in [0.15, 0.2) is 56.9 Å².